The van der Waals surface area contributed by atoms with Crippen LogP contribution in [0.1, 0.15) is 12.5 Å². The third-order valence-corrected chi connectivity index (χ3v) is 4.50. The van der Waals surface area contributed by atoms with Crippen LogP contribution in [0.25, 0.3) is 16.8 Å². The fraction of sp³-hybridized carbons (Fsp3) is 0.167. The van der Waals surface area contributed by atoms with E-state index in [4.69, 9.17) is 14.2 Å². The number of carbonyl (C=O) groups is 2. The monoisotopic (exact) mass is 405 g/mol. The van der Waals surface area contributed by atoms with E-state index in [9.17, 15) is 9.59 Å². The zero-order valence-electron chi connectivity index (χ0n) is 17.0. The molecule has 6 heteroatoms. The van der Waals surface area contributed by atoms with Gasteiger partial charge in [0.05, 0.1) is 14.2 Å². The molecule has 30 heavy (non-hydrogen) atoms. The Kier molecular flexibility index (Phi) is 6.70. The van der Waals surface area contributed by atoms with E-state index in [1.54, 1.807) is 44.6 Å². The number of esters is 1. The second kappa shape index (κ2) is 9.60. The van der Waals surface area contributed by atoms with Crippen molar-refractivity contribution in [2.75, 3.05) is 19.5 Å². The lowest BCUT2D eigenvalue weighted by molar-refractivity contribution is -0.148. The predicted molar refractivity (Wildman–Crippen MR) is 117 cm³/mol. The first-order chi connectivity index (χ1) is 14.5. The van der Waals surface area contributed by atoms with Crippen LogP contribution in [0.15, 0.2) is 66.7 Å². The maximum atomic E-state index is 12.2. The van der Waals surface area contributed by atoms with Gasteiger partial charge in [-0.05, 0) is 71.8 Å². The minimum atomic E-state index is -0.937. The van der Waals surface area contributed by atoms with Crippen LogP contribution in [0.4, 0.5) is 5.69 Å². The second-order valence-electron chi connectivity index (χ2n) is 6.60. The predicted octanol–water partition coefficient (Wildman–Crippen LogP) is 4.44. The number of rotatable bonds is 7. The Morgan fingerprint density at radius 2 is 1.50 bits per heavy atom. The Labute approximate surface area is 175 Å². The van der Waals surface area contributed by atoms with Crippen LogP contribution in [-0.2, 0) is 14.3 Å². The van der Waals surface area contributed by atoms with E-state index in [-0.39, 0.29) is 0 Å². The van der Waals surface area contributed by atoms with Crippen LogP contribution in [0.5, 0.6) is 11.5 Å². The number of amides is 1. The SMILES string of the molecule is COc1ccc(NC(=O)[C@H](C)OC(=O)/C=C/c2ccc3cc(OC)ccc3c2)cc1. The lowest BCUT2D eigenvalue weighted by atomic mass is 10.1. The smallest absolute Gasteiger partial charge is 0.331 e. The van der Waals surface area contributed by atoms with Crippen LogP contribution >= 0.6 is 0 Å². The van der Waals surface area contributed by atoms with Crippen molar-refractivity contribution in [3.63, 3.8) is 0 Å². The zero-order chi connectivity index (χ0) is 21.5. The van der Waals surface area contributed by atoms with E-state index in [0.29, 0.717) is 11.4 Å². The van der Waals surface area contributed by atoms with Gasteiger partial charge >= 0.3 is 5.97 Å². The average molecular weight is 405 g/mol. The number of benzene rings is 3. The molecule has 0 aliphatic carbocycles. The van der Waals surface area contributed by atoms with Gasteiger partial charge in [-0.2, -0.15) is 0 Å². The number of methoxy groups -OCH3 is 2. The van der Waals surface area contributed by atoms with Gasteiger partial charge in [-0.1, -0.05) is 18.2 Å². The quantitative estimate of drug-likeness (QED) is 0.465. The maximum Gasteiger partial charge on any atom is 0.331 e. The summed E-state index contributed by atoms with van der Waals surface area (Å²) in [6.07, 6.45) is 2.02. The van der Waals surface area contributed by atoms with Crippen LogP contribution in [-0.4, -0.2) is 32.2 Å². The Morgan fingerprint density at radius 3 is 2.20 bits per heavy atom. The molecule has 0 saturated heterocycles. The fourth-order valence-electron chi connectivity index (χ4n) is 2.82. The third kappa shape index (κ3) is 5.38. The van der Waals surface area contributed by atoms with E-state index >= 15 is 0 Å². The van der Waals surface area contributed by atoms with E-state index in [1.807, 2.05) is 36.4 Å². The number of ether oxygens (including phenoxy) is 3. The first kappa shape index (κ1) is 20.9. The van der Waals surface area contributed by atoms with Gasteiger partial charge in [0.2, 0.25) is 0 Å². The van der Waals surface area contributed by atoms with Crippen molar-refractivity contribution >= 4 is 34.4 Å². The van der Waals surface area contributed by atoms with Gasteiger partial charge in [0, 0.05) is 11.8 Å². The zero-order valence-corrected chi connectivity index (χ0v) is 17.0. The molecule has 0 unspecified atom stereocenters. The van der Waals surface area contributed by atoms with Crippen molar-refractivity contribution in [2.45, 2.75) is 13.0 Å². The second-order valence-corrected chi connectivity index (χ2v) is 6.60. The Hall–Kier alpha value is -3.80. The van der Waals surface area contributed by atoms with Gasteiger partial charge in [-0.25, -0.2) is 4.79 Å². The molecule has 3 rings (SSSR count). The molecule has 1 N–H and O–H groups in total. The minimum Gasteiger partial charge on any atom is -0.497 e. The van der Waals surface area contributed by atoms with Crippen molar-refractivity contribution in [1.82, 2.24) is 0 Å². The molecule has 0 saturated carbocycles. The van der Waals surface area contributed by atoms with Gasteiger partial charge in [0.25, 0.3) is 5.91 Å². The first-order valence-corrected chi connectivity index (χ1v) is 9.40. The molecule has 0 bridgehead atoms. The van der Waals surface area contributed by atoms with E-state index in [2.05, 4.69) is 5.32 Å². The molecular formula is C24H23NO5. The van der Waals surface area contributed by atoms with Gasteiger partial charge in [0.1, 0.15) is 11.5 Å². The molecule has 3 aromatic carbocycles. The van der Waals surface area contributed by atoms with Gasteiger partial charge in [0.15, 0.2) is 6.10 Å². The molecule has 0 aliphatic heterocycles. The molecule has 154 valence electrons. The third-order valence-electron chi connectivity index (χ3n) is 4.50. The first-order valence-electron chi connectivity index (χ1n) is 9.40. The number of hydrogen-bond donors (Lipinski definition) is 1. The number of nitrogens with one attached hydrogen (secondary N) is 1. The van der Waals surface area contributed by atoms with Crippen LogP contribution in [0, 0.1) is 0 Å². The summed E-state index contributed by atoms with van der Waals surface area (Å²) in [7, 11) is 3.19. The molecule has 0 aromatic heterocycles. The standard InChI is InChI=1S/C24H23NO5/c1-16(24(27)25-20-8-11-21(28-2)12-9-20)30-23(26)13-5-17-4-6-19-15-22(29-3)10-7-18(19)14-17/h4-16H,1-3H3,(H,25,27)/b13-5+/t16-/m0/s1. The number of hydrogen-bond acceptors (Lipinski definition) is 5. The van der Waals surface area contributed by atoms with Gasteiger partial charge in [-0.15, -0.1) is 0 Å². The Bertz CT molecular complexity index is 1070. The van der Waals surface area contributed by atoms with Gasteiger partial charge < -0.3 is 19.5 Å². The van der Waals surface area contributed by atoms with Crippen molar-refractivity contribution in [3.05, 3.63) is 72.3 Å². The fourth-order valence-corrected chi connectivity index (χ4v) is 2.82. The Morgan fingerprint density at radius 1 is 0.867 bits per heavy atom. The summed E-state index contributed by atoms with van der Waals surface area (Å²) < 4.78 is 15.5. The molecule has 3 aromatic rings. The number of carbonyl (C=O) groups excluding carboxylic acids is 2. The van der Waals surface area contributed by atoms with Crippen LogP contribution in [0.3, 0.4) is 0 Å². The topological polar surface area (TPSA) is 73.9 Å². The normalized spacial score (nSPS) is 11.8. The summed E-state index contributed by atoms with van der Waals surface area (Å²) in [6, 6.07) is 18.5. The van der Waals surface area contributed by atoms with E-state index in [0.717, 1.165) is 22.1 Å². The highest BCUT2D eigenvalue weighted by Gasteiger charge is 2.16. The summed E-state index contributed by atoms with van der Waals surface area (Å²) >= 11 is 0. The molecule has 0 radical (unpaired) electrons. The van der Waals surface area contributed by atoms with Crippen molar-refractivity contribution in [3.8, 4) is 11.5 Å². The number of anilines is 1. The number of fused-ring (bicyclic) bond motifs is 1. The highest BCUT2D eigenvalue weighted by atomic mass is 16.5. The molecule has 0 heterocycles. The average Bonchev–Trinajstić information content (AvgIpc) is 2.77. The summed E-state index contributed by atoms with van der Waals surface area (Å²) in [6.45, 7) is 1.52. The summed E-state index contributed by atoms with van der Waals surface area (Å²) in [5.74, 6) is 0.463. The summed E-state index contributed by atoms with van der Waals surface area (Å²) in [5, 5.41) is 4.76. The maximum absolute atomic E-state index is 12.2. The molecule has 0 fully saturated rings. The lowest BCUT2D eigenvalue weighted by Gasteiger charge is -2.12. The van der Waals surface area contributed by atoms with Crippen LogP contribution < -0.4 is 14.8 Å². The Balaban J connectivity index is 1.57. The molecule has 0 aliphatic rings. The highest BCUT2D eigenvalue weighted by Crippen LogP contribution is 2.22. The summed E-state index contributed by atoms with van der Waals surface area (Å²) in [4.78, 5) is 24.3. The van der Waals surface area contributed by atoms with Crippen molar-refractivity contribution in [1.29, 1.82) is 0 Å². The van der Waals surface area contributed by atoms with E-state index in [1.165, 1.54) is 13.0 Å². The molecule has 0 spiro atoms. The minimum absolute atomic E-state index is 0.415. The molecule has 1 atom stereocenters. The highest BCUT2D eigenvalue weighted by molar-refractivity contribution is 5.97. The summed E-state index contributed by atoms with van der Waals surface area (Å²) in [5.41, 5.74) is 1.44. The van der Waals surface area contributed by atoms with Crippen molar-refractivity contribution < 1.29 is 23.8 Å². The van der Waals surface area contributed by atoms with Crippen LogP contribution in [0.2, 0.25) is 0 Å². The van der Waals surface area contributed by atoms with Crippen molar-refractivity contribution in [2.24, 2.45) is 0 Å². The lowest BCUT2D eigenvalue weighted by Crippen LogP contribution is -2.29. The molecule has 1 amide bonds. The molecular weight excluding hydrogens is 382 g/mol. The van der Waals surface area contributed by atoms with Gasteiger partial charge in [-0.3, -0.25) is 4.79 Å². The molecule has 6 nitrogen and oxygen atoms in total. The largest absolute Gasteiger partial charge is 0.497 e. The van der Waals surface area contributed by atoms with E-state index < -0.39 is 18.0 Å².